The molecule has 3 heteroatoms. The number of rotatable bonds is 1. The quantitative estimate of drug-likeness (QED) is 0.712. The summed E-state index contributed by atoms with van der Waals surface area (Å²) < 4.78 is 0. The van der Waals surface area contributed by atoms with E-state index in [4.69, 9.17) is 5.11 Å². The van der Waals surface area contributed by atoms with Gasteiger partial charge in [0, 0.05) is 11.7 Å². The number of benzene rings is 1. The molecule has 0 aromatic heterocycles. The number of hydrogen-bond donors (Lipinski definition) is 2. The van der Waals surface area contributed by atoms with Gasteiger partial charge in [0.2, 0.25) is 0 Å². The van der Waals surface area contributed by atoms with Crippen LogP contribution in [-0.2, 0) is 0 Å². The Morgan fingerprint density at radius 2 is 2.29 bits per heavy atom. The van der Waals surface area contributed by atoms with Gasteiger partial charge in [-0.15, -0.1) is 0 Å². The molecule has 0 spiro atoms. The van der Waals surface area contributed by atoms with Crippen molar-refractivity contribution in [1.29, 1.82) is 0 Å². The maximum absolute atomic E-state index is 10.7. The molecule has 2 N–H and O–H groups in total. The summed E-state index contributed by atoms with van der Waals surface area (Å²) >= 11 is 0. The topological polar surface area (TPSA) is 49.3 Å². The Hall–Kier alpha value is -1.77. The van der Waals surface area contributed by atoms with Crippen LogP contribution in [0.2, 0.25) is 0 Å². The summed E-state index contributed by atoms with van der Waals surface area (Å²) in [5.74, 6) is -0.889. The number of hydrogen-bond acceptors (Lipinski definition) is 2. The van der Waals surface area contributed by atoms with Crippen molar-refractivity contribution < 1.29 is 9.90 Å². The van der Waals surface area contributed by atoms with Crippen LogP contribution >= 0.6 is 0 Å². The van der Waals surface area contributed by atoms with E-state index in [1.807, 2.05) is 19.1 Å². The van der Waals surface area contributed by atoms with Crippen LogP contribution in [0.5, 0.6) is 0 Å². The lowest BCUT2D eigenvalue weighted by Gasteiger charge is -2.18. The standard InChI is InChI=1S/C11H11NO2/c1-7-2-3-8-6-9(11(13)14)4-5-10(8)12-7/h2-7,12H,1H3,(H,13,14). The van der Waals surface area contributed by atoms with E-state index >= 15 is 0 Å². The Kier molecular flexibility index (Phi) is 2.00. The van der Waals surface area contributed by atoms with Gasteiger partial charge in [-0.05, 0) is 30.7 Å². The number of fused-ring (bicyclic) bond motifs is 1. The van der Waals surface area contributed by atoms with E-state index in [9.17, 15) is 4.79 Å². The van der Waals surface area contributed by atoms with Gasteiger partial charge >= 0.3 is 5.97 Å². The zero-order chi connectivity index (χ0) is 10.1. The van der Waals surface area contributed by atoms with E-state index in [2.05, 4.69) is 5.32 Å². The van der Waals surface area contributed by atoms with Crippen molar-refractivity contribution in [1.82, 2.24) is 0 Å². The largest absolute Gasteiger partial charge is 0.478 e. The minimum absolute atomic E-state index is 0.304. The zero-order valence-electron chi connectivity index (χ0n) is 7.82. The number of carboxylic acid groups (broad SMARTS) is 1. The normalized spacial score (nSPS) is 18.5. The Labute approximate surface area is 82.1 Å². The third-order valence-corrected chi connectivity index (χ3v) is 2.25. The predicted octanol–water partition coefficient (Wildman–Crippen LogP) is 2.21. The second-order valence-corrected chi connectivity index (χ2v) is 3.40. The summed E-state index contributed by atoms with van der Waals surface area (Å²) in [5, 5.41) is 12.0. The zero-order valence-corrected chi connectivity index (χ0v) is 7.82. The molecule has 1 aliphatic rings. The Morgan fingerprint density at radius 1 is 1.50 bits per heavy atom. The fourth-order valence-electron chi connectivity index (χ4n) is 1.51. The number of nitrogens with one attached hydrogen (secondary N) is 1. The van der Waals surface area contributed by atoms with Crippen molar-refractivity contribution in [2.75, 3.05) is 5.32 Å². The van der Waals surface area contributed by atoms with Crippen molar-refractivity contribution in [3.63, 3.8) is 0 Å². The molecule has 14 heavy (non-hydrogen) atoms. The Bertz CT molecular complexity index is 410. The molecule has 3 nitrogen and oxygen atoms in total. The first-order valence-electron chi connectivity index (χ1n) is 4.49. The average Bonchev–Trinajstić information content (AvgIpc) is 2.16. The van der Waals surface area contributed by atoms with Gasteiger partial charge in [-0.2, -0.15) is 0 Å². The lowest BCUT2D eigenvalue weighted by atomic mass is 10.0. The molecule has 0 amide bonds. The van der Waals surface area contributed by atoms with Crippen molar-refractivity contribution >= 4 is 17.7 Å². The first-order chi connectivity index (χ1) is 6.66. The van der Waals surface area contributed by atoms with Crippen LogP contribution in [-0.4, -0.2) is 17.1 Å². The fraction of sp³-hybridized carbons (Fsp3) is 0.182. The summed E-state index contributed by atoms with van der Waals surface area (Å²) in [7, 11) is 0. The highest BCUT2D eigenvalue weighted by Crippen LogP contribution is 2.23. The molecule has 2 rings (SSSR count). The highest BCUT2D eigenvalue weighted by atomic mass is 16.4. The van der Waals surface area contributed by atoms with Gasteiger partial charge in [-0.3, -0.25) is 0 Å². The molecule has 1 atom stereocenters. The van der Waals surface area contributed by atoms with Gasteiger partial charge in [-0.1, -0.05) is 12.2 Å². The molecular formula is C11H11NO2. The van der Waals surface area contributed by atoms with Gasteiger partial charge in [-0.25, -0.2) is 4.79 Å². The molecule has 72 valence electrons. The second-order valence-electron chi connectivity index (χ2n) is 3.40. The van der Waals surface area contributed by atoms with Crippen molar-refractivity contribution in [2.45, 2.75) is 13.0 Å². The highest BCUT2D eigenvalue weighted by Gasteiger charge is 2.10. The number of aromatic carboxylic acids is 1. The minimum atomic E-state index is -0.889. The Balaban J connectivity index is 2.44. The number of anilines is 1. The minimum Gasteiger partial charge on any atom is -0.478 e. The molecule has 0 bridgehead atoms. The van der Waals surface area contributed by atoms with Crippen molar-refractivity contribution in [3.05, 3.63) is 35.4 Å². The van der Waals surface area contributed by atoms with E-state index in [0.717, 1.165) is 11.3 Å². The van der Waals surface area contributed by atoms with Gasteiger partial charge in [0.15, 0.2) is 0 Å². The molecule has 0 saturated carbocycles. The van der Waals surface area contributed by atoms with Crippen LogP contribution in [0.3, 0.4) is 0 Å². The summed E-state index contributed by atoms with van der Waals surface area (Å²) in [6.45, 7) is 2.05. The highest BCUT2D eigenvalue weighted by molar-refractivity contribution is 5.90. The smallest absolute Gasteiger partial charge is 0.335 e. The van der Waals surface area contributed by atoms with E-state index in [1.54, 1.807) is 18.2 Å². The van der Waals surface area contributed by atoms with Crippen LogP contribution in [0, 0.1) is 0 Å². The second kappa shape index (κ2) is 3.18. The molecule has 1 aliphatic heterocycles. The fourth-order valence-corrected chi connectivity index (χ4v) is 1.51. The van der Waals surface area contributed by atoms with Crippen molar-refractivity contribution in [2.24, 2.45) is 0 Å². The van der Waals surface area contributed by atoms with Gasteiger partial charge in [0.1, 0.15) is 0 Å². The van der Waals surface area contributed by atoms with E-state index in [-0.39, 0.29) is 0 Å². The molecule has 0 saturated heterocycles. The van der Waals surface area contributed by atoms with Crippen LogP contribution in [0.25, 0.3) is 6.08 Å². The summed E-state index contributed by atoms with van der Waals surface area (Å²) in [4.78, 5) is 10.7. The third-order valence-electron chi connectivity index (χ3n) is 2.25. The van der Waals surface area contributed by atoms with Crippen LogP contribution in [0.4, 0.5) is 5.69 Å². The molecular weight excluding hydrogens is 178 g/mol. The summed E-state index contributed by atoms with van der Waals surface area (Å²) in [6, 6.07) is 5.39. The number of carbonyl (C=O) groups is 1. The first kappa shape index (κ1) is 8.81. The summed E-state index contributed by atoms with van der Waals surface area (Å²) in [6.07, 6.45) is 3.96. The summed E-state index contributed by atoms with van der Waals surface area (Å²) in [5.41, 5.74) is 2.25. The maximum atomic E-state index is 10.7. The van der Waals surface area contributed by atoms with Gasteiger partial charge < -0.3 is 10.4 Å². The van der Waals surface area contributed by atoms with Crippen LogP contribution in [0.15, 0.2) is 24.3 Å². The molecule has 0 fully saturated rings. The van der Waals surface area contributed by atoms with E-state index in [1.165, 1.54) is 0 Å². The molecule has 1 heterocycles. The average molecular weight is 189 g/mol. The van der Waals surface area contributed by atoms with Crippen LogP contribution in [0.1, 0.15) is 22.8 Å². The maximum Gasteiger partial charge on any atom is 0.335 e. The molecule has 1 aromatic carbocycles. The third kappa shape index (κ3) is 1.48. The Morgan fingerprint density at radius 3 is 3.00 bits per heavy atom. The SMILES string of the molecule is CC1C=Cc2cc(C(=O)O)ccc2N1. The monoisotopic (exact) mass is 189 g/mol. The van der Waals surface area contributed by atoms with E-state index < -0.39 is 5.97 Å². The first-order valence-corrected chi connectivity index (χ1v) is 4.49. The lowest BCUT2D eigenvalue weighted by molar-refractivity contribution is 0.0697. The molecule has 1 unspecified atom stereocenters. The number of carboxylic acids is 1. The lowest BCUT2D eigenvalue weighted by Crippen LogP contribution is -2.16. The van der Waals surface area contributed by atoms with Gasteiger partial charge in [0.25, 0.3) is 0 Å². The van der Waals surface area contributed by atoms with E-state index in [0.29, 0.717) is 11.6 Å². The van der Waals surface area contributed by atoms with Crippen LogP contribution < -0.4 is 5.32 Å². The predicted molar refractivity (Wildman–Crippen MR) is 55.5 cm³/mol. The van der Waals surface area contributed by atoms with Crippen molar-refractivity contribution in [3.8, 4) is 0 Å². The molecule has 0 radical (unpaired) electrons. The molecule has 1 aromatic rings. The van der Waals surface area contributed by atoms with Gasteiger partial charge in [0.05, 0.1) is 5.56 Å². The molecule has 0 aliphatic carbocycles.